The van der Waals surface area contributed by atoms with E-state index in [1.54, 1.807) is 30.3 Å². The maximum atomic E-state index is 13.3. The Morgan fingerprint density at radius 2 is 1.67 bits per heavy atom. The SMILES string of the molecule is Cc1ccc2cccc(OCc3c(Cl)ccc(S(=O)(=O)N(C)Cc4ccc(N)cc4)c3Cl)c2n1.Cl.Cl. The number of nitrogen functional groups attached to an aromatic ring is 1. The van der Waals surface area contributed by atoms with Gasteiger partial charge in [0.15, 0.2) is 0 Å². The summed E-state index contributed by atoms with van der Waals surface area (Å²) in [6.45, 7) is 2.05. The molecule has 1 heterocycles. The summed E-state index contributed by atoms with van der Waals surface area (Å²) in [6.07, 6.45) is 0. The smallest absolute Gasteiger partial charge is 0.244 e. The summed E-state index contributed by atoms with van der Waals surface area (Å²) in [5.74, 6) is 0.557. The van der Waals surface area contributed by atoms with Gasteiger partial charge in [0, 0.05) is 40.9 Å². The first-order valence-electron chi connectivity index (χ1n) is 10.4. The van der Waals surface area contributed by atoms with Gasteiger partial charge in [0.2, 0.25) is 10.0 Å². The highest BCUT2D eigenvalue weighted by molar-refractivity contribution is 7.89. The van der Waals surface area contributed by atoms with Gasteiger partial charge in [-0.05, 0) is 48.9 Å². The Morgan fingerprint density at radius 3 is 2.36 bits per heavy atom. The molecule has 0 bridgehead atoms. The average molecular weight is 589 g/mol. The predicted octanol–water partition coefficient (Wildman–Crippen LogP) is 6.68. The number of fused-ring (bicyclic) bond motifs is 1. The lowest BCUT2D eigenvalue weighted by atomic mass is 10.2. The standard InChI is InChI=1S/C25H23Cl2N3O3S.2ClH/c1-16-6-9-18-4-3-5-22(25(18)29-16)33-15-20-21(26)12-13-23(24(20)27)34(31,32)30(2)14-17-7-10-19(28)11-8-17;;/h3-13H,14-15,28H2,1-2H3;2*1H. The van der Waals surface area contributed by atoms with Crippen LogP contribution >= 0.6 is 48.0 Å². The molecular formula is C25H25Cl4N3O3S. The minimum atomic E-state index is -3.90. The molecule has 0 saturated heterocycles. The van der Waals surface area contributed by atoms with Gasteiger partial charge in [-0.3, -0.25) is 0 Å². The number of sulfonamides is 1. The van der Waals surface area contributed by atoms with Crippen LogP contribution in [0, 0.1) is 6.92 Å². The number of aromatic nitrogens is 1. The van der Waals surface area contributed by atoms with Crippen molar-refractivity contribution in [3.8, 4) is 5.75 Å². The zero-order valence-electron chi connectivity index (χ0n) is 19.4. The molecule has 0 unspecified atom stereocenters. The number of ether oxygens (including phenoxy) is 1. The van der Waals surface area contributed by atoms with Gasteiger partial charge < -0.3 is 10.5 Å². The largest absolute Gasteiger partial charge is 0.487 e. The molecule has 2 N–H and O–H groups in total. The second kappa shape index (κ2) is 12.3. The number of anilines is 1. The maximum Gasteiger partial charge on any atom is 0.244 e. The molecule has 0 amide bonds. The van der Waals surface area contributed by atoms with Crippen molar-refractivity contribution in [2.45, 2.75) is 25.0 Å². The van der Waals surface area contributed by atoms with E-state index in [4.69, 9.17) is 33.7 Å². The van der Waals surface area contributed by atoms with Crippen LogP contribution in [0.1, 0.15) is 16.8 Å². The van der Waals surface area contributed by atoms with E-state index in [0.717, 1.165) is 16.6 Å². The third kappa shape index (κ3) is 6.35. The summed E-state index contributed by atoms with van der Waals surface area (Å²) < 4.78 is 33.8. The summed E-state index contributed by atoms with van der Waals surface area (Å²) in [5, 5.41) is 1.27. The van der Waals surface area contributed by atoms with Gasteiger partial charge in [0.05, 0.1) is 5.02 Å². The molecule has 36 heavy (non-hydrogen) atoms. The number of hydrogen-bond acceptors (Lipinski definition) is 5. The molecule has 0 fully saturated rings. The Kier molecular flexibility index (Phi) is 10.3. The fourth-order valence-corrected chi connectivity index (χ4v) is 5.54. The molecule has 3 aromatic carbocycles. The molecule has 4 aromatic rings. The van der Waals surface area contributed by atoms with Crippen LogP contribution in [0.15, 0.2) is 71.6 Å². The second-order valence-electron chi connectivity index (χ2n) is 7.91. The van der Waals surface area contributed by atoms with Crippen LogP contribution in [0.25, 0.3) is 10.9 Å². The Labute approximate surface area is 233 Å². The van der Waals surface area contributed by atoms with Crippen molar-refractivity contribution in [1.29, 1.82) is 0 Å². The Morgan fingerprint density at radius 1 is 0.972 bits per heavy atom. The topological polar surface area (TPSA) is 85.5 Å². The van der Waals surface area contributed by atoms with Gasteiger partial charge in [0.1, 0.15) is 22.8 Å². The number of para-hydroxylation sites is 1. The highest BCUT2D eigenvalue weighted by Gasteiger charge is 2.26. The number of aryl methyl sites for hydroxylation is 1. The molecule has 4 rings (SSSR count). The molecule has 0 spiro atoms. The van der Waals surface area contributed by atoms with E-state index in [-0.39, 0.29) is 47.9 Å². The molecule has 1 aromatic heterocycles. The van der Waals surface area contributed by atoms with Crippen molar-refractivity contribution in [3.63, 3.8) is 0 Å². The molecule has 6 nitrogen and oxygen atoms in total. The molecule has 0 saturated carbocycles. The number of nitrogens with zero attached hydrogens (tertiary/aromatic N) is 2. The summed E-state index contributed by atoms with van der Waals surface area (Å²) in [6, 6.07) is 19.4. The quantitative estimate of drug-likeness (QED) is 0.243. The fourth-order valence-electron chi connectivity index (χ4n) is 3.52. The van der Waals surface area contributed by atoms with Gasteiger partial charge in [0.25, 0.3) is 0 Å². The van der Waals surface area contributed by atoms with Crippen LogP contribution in [-0.4, -0.2) is 24.8 Å². The lowest BCUT2D eigenvalue weighted by molar-refractivity contribution is 0.309. The molecule has 0 aliphatic carbocycles. The lowest BCUT2D eigenvalue weighted by Crippen LogP contribution is -2.27. The second-order valence-corrected chi connectivity index (χ2v) is 10.7. The van der Waals surface area contributed by atoms with E-state index in [2.05, 4.69) is 4.98 Å². The molecule has 0 atom stereocenters. The average Bonchev–Trinajstić information content (AvgIpc) is 2.80. The minimum Gasteiger partial charge on any atom is -0.487 e. The molecule has 11 heteroatoms. The Balaban J connectivity index is 0.00000228. The zero-order chi connectivity index (χ0) is 24.5. The lowest BCUT2D eigenvalue weighted by Gasteiger charge is -2.20. The van der Waals surface area contributed by atoms with Crippen LogP contribution in [-0.2, 0) is 23.2 Å². The van der Waals surface area contributed by atoms with E-state index in [1.807, 2.05) is 31.2 Å². The minimum absolute atomic E-state index is 0. The highest BCUT2D eigenvalue weighted by Crippen LogP contribution is 2.34. The van der Waals surface area contributed by atoms with Crippen molar-refractivity contribution < 1.29 is 13.2 Å². The first-order chi connectivity index (χ1) is 16.2. The summed E-state index contributed by atoms with van der Waals surface area (Å²) in [5.41, 5.74) is 9.07. The normalized spacial score (nSPS) is 11.1. The first-order valence-corrected chi connectivity index (χ1v) is 12.6. The predicted molar refractivity (Wildman–Crippen MR) is 151 cm³/mol. The molecule has 0 radical (unpaired) electrons. The summed E-state index contributed by atoms with van der Waals surface area (Å²) in [7, 11) is -2.40. The number of benzene rings is 3. The van der Waals surface area contributed by atoms with E-state index in [9.17, 15) is 8.42 Å². The number of rotatable bonds is 7. The number of nitrogens with two attached hydrogens (primary N) is 1. The Bertz CT molecular complexity index is 1470. The zero-order valence-corrected chi connectivity index (χ0v) is 23.4. The molecular weight excluding hydrogens is 564 g/mol. The number of halogens is 4. The molecule has 0 aliphatic heterocycles. The highest BCUT2D eigenvalue weighted by atomic mass is 35.5. The van der Waals surface area contributed by atoms with Crippen molar-refractivity contribution in [2.24, 2.45) is 0 Å². The monoisotopic (exact) mass is 587 g/mol. The van der Waals surface area contributed by atoms with Crippen molar-refractivity contribution in [1.82, 2.24) is 9.29 Å². The third-order valence-electron chi connectivity index (χ3n) is 5.42. The van der Waals surface area contributed by atoms with Gasteiger partial charge in [-0.25, -0.2) is 13.4 Å². The Hall–Kier alpha value is -2.26. The van der Waals surface area contributed by atoms with Gasteiger partial charge in [-0.1, -0.05) is 53.5 Å². The maximum absolute atomic E-state index is 13.3. The summed E-state index contributed by atoms with van der Waals surface area (Å²) in [4.78, 5) is 4.52. The van der Waals surface area contributed by atoms with Crippen LogP contribution in [0.5, 0.6) is 5.75 Å². The van der Waals surface area contributed by atoms with E-state index < -0.39 is 10.0 Å². The number of pyridine rings is 1. The van der Waals surface area contributed by atoms with Crippen molar-refractivity contribution >= 4 is 74.6 Å². The first kappa shape index (κ1) is 30.0. The van der Waals surface area contributed by atoms with Crippen molar-refractivity contribution in [3.05, 3.63) is 93.6 Å². The van der Waals surface area contributed by atoms with Crippen molar-refractivity contribution in [2.75, 3.05) is 12.8 Å². The van der Waals surface area contributed by atoms with Gasteiger partial charge in [-0.2, -0.15) is 4.31 Å². The van der Waals surface area contributed by atoms with Gasteiger partial charge in [-0.15, -0.1) is 24.8 Å². The van der Waals surface area contributed by atoms with E-state index in [1.165, 1.54) is 23.5 Å². The van der Waals surface area contributed by atoms with E-state index in [0.29, 0.717) is 27.5 Å². The van der Waals surface area contributed by atoms with Crippen LogP contribution < -0.4 is 10.5 Å². The van der Waals surface area contributed by atoms with Gasteiger partial charge >= 0.3 is 0 Å². The third-order valence-corrected chi connectivity index (χ3v) is 8.16. The van der Waals surface area contributed by atoms with Crippen LogP contribution in [0.3, 0.4) is 0 Å². The molecule has 0 aliphatic rings. The fraction of sp³-hybridized carbons (Fsp3) is 0.160. The molecule has 192 valence electrons. The number of hydrogen-bond donors (Lipinski definition) is 1. The van der Waals surface area contributed by atoms with E-state index >= 15 is 0 Å². The summed E-state index contributed by atoms with van der Waals surface area (Å²) >= 11 is 13.0. The van der Waals surface area contributed by atoms with Crippen LogP contribution in [0.4, 0.5) is 5.69 Å². The van der Waals surface area contributed by atoms with Crippen LogP contribution in [0.2, 0.25) is 10.0 Å².